The third-order valence-corrected chi connectivity index (χ3v) is 4.86. The molecule has 5 N–H and O–H groups in total. The highest BCUT2D eigenvalue weighted by molar-refractivity contribution is 5.03. The van der Waals surface area contributed by atoms with Gasteiger partial charge in [-0.3, -0.25) is 0 Å². The lowest BCUT2D eigenvalue weighted by atomic mass is 9.71. The first-order chi connectivity index (χ1) is 7.24. The molecule has 3 rings (SSSR count). The third kappa shape index (κ3) is 1.71. The van der Waals surface area contributed by atoms with Crippen LogP contribution >= 0.6 is 0 Å². The van der Waals surface area contributed by atoms with Gasteiger partial charge >= 0.3 is 0 Å². The first kappa shape index (κ1) is 10.1. The summed E-state index contributed by atoms with van der Waals surface area (Å²) in [5, 5.41) is 3.82. The zero-order chi connectivity index (χ0) is 10.4. The highest BCUT2D eigenvalue weighted by Crippen LogP contribution is 2.43. The average Bonchev–Trinajstić information content (AvgIpc) is 2.56. The highest BCUT2D eigenvalue weighted by Gasteiger charge is 2.46. The molecule has 3 heteroatoms. The fraction of sp³-hybridized carbons (Fsp3) is 1.00. The van der Waals surface area contributed by atoms with E-state index >= 15 is 0 Å². The number of rotatable bonds is 0. The average molecular weight is 209 g/mol. The molecule has 2 saturated carbocycles. The molecule has 1 heterocycles. The maximum atomic E-state index is 6.09. The molecule has 15 heavy (non-hydrogen) atoms. The van der Waals surface area contributed by atoms with Crippen LogP contribution in [0, 0.1) is 11.8 Å². The van der Waals surface area contributed by atoms with Crippen LogP contribution in [0.5, 0.6) is 0 Å². The van der Waals surface area contributed by atoms with E-state index in [0.717, 1.165) is 23.9 Å². The third-order valence-electron chi connectivity index (χ3n) is 4.86. The molecule has 3 nitrogen and oxygen atoms in total. The van der Waals surface area contributed by atoms with Crippen LogP contribution in [0.25, 0.3) is 0 Å². The highest BCUT2D eigenvalue weighted by atomic mass is 15.0. The molecule has 0 aromatic carbocycles. The predicted octanol–water partition coefficient (Wildman–Crippen LogP) is 0.582. The van der Waals surface area contributed by atoms with Crippen molar-refractivity contribution in [2.24, 2.45) is 23.3 Å². The topological polar surface area (TPSA) is 64.1 Å². The van der Waals surface area contributed by atoms with Crippen molar-refractivity contribution in [1.82, 2.24) is 5.32 Å². The minimum Gasteiger partial charge on any atom is -0.328 e. The lowest BCUT2D eigenvalue weighted by molar-refractivity contribution is 0.205. The molecule has 0 aromatic rings. The molecule has 0 bridgehead atoms. The Morgan fingerprint density at radius 1 is 0.733 bits per heavy atom. The van der Waals surface area contributed by atoms with Crippen LogP contribution in [0.4, 0.5) is 0 Å². The van der Waals surface area contributed by atoms with Gasteiger partial charge in [0.2, 0.25) is 0 Å². The second kappa shape index (κ2) is 3.72. The van der Waals surface area contributed by atoms with Crippen molar-refractivity contribution in [3.05, 3.63) is 0 Å². The van der Waals surface area contributed by atoms with Crippen LogP contribution < -0.4 is 16.8 Å². The Bertz CT molecular complexity index is 219. The number of fused-ring (bicyclic) bond motifs is 3. The summed E-state index contributed by atoms with van der Waals surface area (Å²) in [5.41, 5.74) is 12.2. The summed E-state index contributed by atoms with van der Waals surface area (Å²) in [6.45, 7) is 0. The van der Waals surface area contributed by atoms with Crippen LogP contribution in [0.15, 0.2) is 0 Å². The molecule has 0 aromatic heterocycles. The van der Waals surface area contributed by atoms with E-state index in [2.05, 4.69) is 5.32 Å². The van der Waals surface area contributed by atoms with Crippen molar-refractivity contribution in [2.45, 2.75) is 62.7 Å². The lowest BCUT2D eigenvalue weighted by Gasteiger charge is -2.35. The lowest BCUT2D eigenvalue weighted by Crippen LogP contribution is -2.40. The Hall–Kier alpha value is -0.120. The van der Waals surface area contributed by atoms with Gasteiger partial charge in [0.15, 0.2) is 0 Å². The summed E-state index contributed by atoms with van der Waals surface area (Å²) in [5.74, 6) is 1.65. The van der Waals surface area contributed by atoms with Gasteiger partial charge in [0, 0.05) is 24.2 Å². The van der Waals surface area contributed by atoms with Gasteiger partial charge in [-0.2, -0.15) is 0 Å². The maximum Gasteiger partial charge on any atom is 0.0102 e. The molecular formula is C12H23N3. The zero-order valence-corrected chi connectivity index (χ0v) is 9.36. The van der Waals surface area contributed by atoms with Gasteiger partial charge < -0.3 is 16.8 Å². The molecular weight excluding hydrogens is 186 g/mol. The van der Waals surface area contributed by atoms with E-state index in [0.29, 0.717) is 12.1 Å². The summed E-state index contributed by atoms with van der Waals surface area (Å²) >= 11 is 0. The largest absolute Gasteiger partial charge is 0.328 e. The van der Waals surface area contributed by atoms with Crippen LogP contribution in [0.3, 0.4) is 0 Å². The van der Waals surface area contributed by atoms with Crippen molar-refractivity contribution >= 4 is 0 Å². The molecule has 1 saturated heterocycles. The van der Waals surface area contributed by atoms with Crippen LogP contribution in [-0.4, -0.2) is 24.2 Å². The SMILES string of the molecule is NC1CCC2NC3CCC(N)CC3C2C1. The fourth-order valence-corrected chi connectivity index (χ4v) is 4.11. The Labute approximate surface area is 92.0 Å². The molecule has 6 atom stereocenters. The smallest absolute Gasteiger partial charge is 0.0102 e. The van der Waals surface area contributed by atoms with E-state index in [4.69, 9.17) is 11.5 Å². The minimum atomic E-state index is 0.449. The van der Waals surface area contributed by atoms with Gasteiger partial charge in [0.25, 0.3) is 0 Å². The Kier molecular flexibility index (Phi) is 2.49. The monoisotopic (exact) mass is 209 g/mol. The molecule has 0 radical (unpaired) electrons. The van der Waals surface area contributed by atoms with Gasteiger partial charge in [-0.05, 0) is 50.4 Å². The second-order valence-electron chi connectivity index (χ2n) is 5.85. The Morgan fingerprint density at radius 2 is 1.20 bits per heavy atom. The van der Waals surface area contributed by atoms with Gasteiger partial charge in [-0.15, -0.1) is 0 Å². The van der Waals surface area contributed by atoms with Crippen molar-refractivity contribution < 1.29 is 0 Å². The number of nitrogens with one attached hydrogen (secondary N) is 1. The first-order valence-corrected chi connectivity index (χ1v) is 6.51. The van der Waals surface area contributed by atoms with E-state index < -0.39 is 0 Å². The van der Waals surface area contributed by atoms with Crippen LogP contribution in [0.2, 0.25) is 0 Å². The number of nitrogens with two attached hydrogens (primary N) is 2. The fourth-order valence-electron chi connectivity index (χ4n) is 4.11. The summed E-state index contributed by atoms with van der Waals surface area (Å²) in [4.78, 5) is 0. The van der Waals surface area contributed by atoms with E-state index in [9.17, 15) is 0 Å². The van der Waals surface area contributed by atoms with E-state index in [-0.39, 0.29) is 0 Å². The summed E-state index contributed by atoms with van der Waals surface area (Å²) in [6, 6.07) is 2.41. The number of hydrogen-bond donors (Lipinski definition) is 3. The van der Waals surface area contributed by atoms with E-state index in [1.54, 1.807) is 0 Å². The van der Waals surface area contributed by atoms with Gasteiger partial charge in [-0.25, -0.2) is 0 Å². The minimum absolute atomic E-state index is 0.449. The molecule has 0 spiro atoms. The van der Waals surface area contributed by atoms with Crippen molar-refractivity contribution in [1.29, 1.82) is 0 Å². The van der Waals surface area contributed by atoms with Crippen molar-refractivity contribution in [3.63, 3.8) is 0 Å². The van der Waals surface area contributed by atoms with Crippen LogP contribution in [0.1, 0.15) is 38.5 Å². The van der Waals surface area contributed by atoms with Crippen molar-refractivity contribution in [2.75, 3.05) is 0 Å². The van der Waals surface area contributed by atoms with Gasteiger partial charge in [-0.1, -0.05) is 0 Å². The molecule has 86 valence electrons. The zero-order valence-electron chi connectivity index (χ0n) is 9.36. The molecule has 6 unspecified atom stereocenters. The molecule has 1 aliphatic heterocycles. The Morgan fingerprint density at radius 3 is 1.67 bits per heavy atom. The van der Waals surface area contributed by atoms with E-state index in [1.807, 2.05) is 0 Å². The van der Waals surface area contributed by atoms with E-state index in [1.165, 1.54) is 38.5 Å². The van der Waals surface area contributed by atoms with Gasteiger partial charge in [0.1, 0.15) is 0 Å². The molecule has 3 aliphatic rings. The predicted molar refractivity (Wildman–Crippen MR) is 61.3 cm³/mol. The maximum absolute atomic E-state index is 6.09. The normalized spacial score (nSPS) is 54.8. The van der Waals surface area contributed by atoms with Crippen molar-refractivity contribution in [3.8, 4) is 0 Å². The molecule has 2 aliphatic carbocycles. The Balaban J connectivity index is 1.75. The first-order valence-electron chi connectivity index (χ1n) is 6.51. The van der Waals surface area contributed by atoms with Gasteiger partial charge in [0.05, 0.1) is 0 Å². The number of hydrogen-bond acceptors (Lipinski definition) is 3. The summed E-state index contributed by atoms with van der Waals surface area (Å²) in [6.07, 6.45) is 7.44. The van der Waals surface area contributed by atoms with Crippen LogP contribution in [-0.2, 0) is 0 Å². The molecule has 0 amide bonds. The summed E-state index contributed by atoms with van der Waals surface area (Å²) in [7, 11) is 0. The standard InChI is InChI=1S/C12H23N3/c13-7-1-3-11-9(5-7)10-6-8(14)2-4-12(10)15-11/h7-12,15H,1-6,13-14H2. The second-order valence-corrected chi connectivity index (χ2v) is 5.85. The summed E-state index contributed by atoms with van der Waals surface area (Å²) < 4.78 is 0. The quantitative estimate of drug-likeness (QED) is 0.547. The molecule has 3 fully saturated rings.